The summed E-state index contributed by atoms with van der Waals surface area (Å²) in [6.45, 7) is 4.08. The highest BCUT2D eigenvalue weighted by atomic mass is 16.3. The highest BCUT2D eigenvalue weighted by molar-refractivity contribution is 5.99. The molecule has 0 spiro atoms. The molecule has 5 nitrogen and oxygen atoms in total. The highest BCUT2D eigenvalue weighted by Crippen LogP contribution is 2.20. The molecule has 21 heavy (non-hydrogen) atoms. The highest BCUT2D eigenvalue weighted by Gasteiger charge is 2.16. The number of nitrogens with zero attached hydrogens (tertiary/aromatic N) is 1. The van der Waals surface area contributed by atoms with Gasteiger partial charge < -0.3 is 15.7 Å². The maximum absolute atomic E-state index is 12.1. The van der Waals surface area contributed by atoms with Crippen LogP contribution in [-0.4, -0.2) is 28.8 Å². The van der Waals surface area contributed by atoms with Crippen molar-refractivity contribution in [3.63, 3.8) is 0 Å². The Hall–Kier alpha value is -2.14. The summed E-state index contributed by atoms with van der Waals surface area (Å²) in [5.74, 6) is 0.258. The number of carbonyl (C=O) groups excluding carboxylic acids is 1. The third-order valence-corrected chi connectivity index (χ3v) is 3.44. The summed E-state index contributed by atoms with van der Waals surface area (Å²) in [5, 5.41) is 15.8. The van der Waals surface area contributed by atoms with Gasteiger partial charge in [0.05, 0.1) is 11.2 Å². The zero-order chi connectivity index (χ0) is 15.2. The number of pyridine rings is 1. The molecule has 2 aromatic rings. The van der Waals surface area contributed by atoms with Gasteiger partial charge in [-0.15, -0.1) is 0 Å². The fourth-order valence-corrected chi connectivity index (χ4v) is 2.24. The van der Waals surface area contributed by atoms with Gasteiger partial charge in [-0.05, 0) is 24.5 Å². The van der Waals surface area contributed by atoms with Crippen LogP contribution in [0, 0.1) is 5.92 Å². The van der Waals surface area contributed by atoms with Gasteiger partial charge in [-0.3, -0.25) is 4.98 Å². The Morgan fingerprint density at radius 1 is 1.29 bits per heavy atom. The van der Waals surface area contributed by atoms with Crippen molar-refractivity contribution >= 4 is 22.6 Å². The van der Waals surface area contributed by atoms with E-state index < -0.39 is 0 Å². The Morgan fingerprint density at radius 3 is 2.76 bits per heavy atom. The molecule has 0 aliphatic carbocycles. The fourth-order valence-electron chi connectivity index (χ4n) is 2.24. The van der Waals surface area contributed by atoms with E-state index in [1.165, 1.54) is 0 Å². The minimum absolute atomic E-state index is 0.0545. The van der Waals surface area contributed by atoms with Crippen molar-refractivity contribution in [3.8, 4) is 0 Å². The number of amides is 2. The molecule has 3 N–H and O–H groups in total. The van der Waals surface area contributed by atoms with Gasteiger partial charge in [0.1, 0.15) is 0 Å². The van der Waals surface area contributed by atoms with Crippen molar-refractivity contribution in [1.82, 2.24) is 10.3 Å². The number of aromatic nitrogens is 1. The Labute approximate surface area is 124 Å². The maximum Gasteiger partial charge on any atom is 0.319 e. The summed E-state index contributed by atoms with van der Waals surface area (Å²) in [6, 6.07) is 9.14. The molecule has 0 fully saturated rings. The number of hydrogen-bond acceptors (Lipinski definition) is 3. The lowest BCUT2D eigenvalue weighted by molar-refractivity contribution is 0.227. The van der Waals surface area contributed by atoms with E-state index in [4.69, 9.17) is 5.11 Å². The second-order valence-corrected chi connectivity index (χ2v) is 5.34. The Kier molecular flexibility index (Phi) is 5.11. The van der Waals surface area contributed by atoms with Gasteiger partial charge in [0.2, 0.25) is 0 Å². The third kappa shape index (κ3) is 3.92. The van der Waals surface area contributed by atoms with E-state index >= 15 is 0 Å². The van der Waals surface area contributed by atoms with Crippen LogP contribution in [-0.2, 0) is 0 Å². The smallest absolute Gasteiger partial charge is 0.319 e. The van der Waals surface area contributed by atoms with E-state index in [0.717, 1.165) is 10.9 Å². The Bertz CT molecular complexity index is 608. The van der Waals surface area contributed by atoms with Gasteiger partial charge in [-0.25, -0.2) is 4.79 Å². The summed E-state index contributed by atoms with van der Waals surface area (Å²) in [6.07, 6.45) is 2.24. The number of aliphatic hydroxyl groups is 1. The van der Waals surface area contributed by atoms with E-state index in [9.17, 15) is 4.79 Å². The third-order valence-electron chi connectivity index (χ3n) is 3.44. The molecule has 1 aromatic carbocycles. The van der Waals surface area contributed by atoms with Gasteiger partial charge >= 0.3 is 6.03 Å². The van der Waals surface area contributed by atoms with Crippen LogP contribution in [0.15, 0.2) is 36.5 Å². The first kappa shape index (κ1) is 15.3. The molecule has 0 saturated heterocycles. The molecule has 1 atom stereocenters. The van der Waals surface area contributed by atoms with Crippen LogP contribution < -0.4 is 10.6 Å². The molecule has 1 unspecified atom stereocenters. The summed E-state index contributed by atoms with van der Waals surface area (Å²) < 4.78 is 0. The lowest BCUT2D eigenvalue weighted by Crippen LogP contribution is -2.41. The predicted octanol–water partition coefficient (Wildman–Crippen LogP) is 2.76. The molecule has 112 valence electrons. The van der Waals surface area contributed by atoms with Crippen LogP contribution >= 0.6 is 0 Å². The van der Waals surface area contributed by atoms with Crippen LogP contribution in [0.3, 0.4) is 0 Å². The predicted molar refractivity (Wildman–Crippen MR) is 84.2 cm³/mol. The van der Waals surface area contributed by atoms with Crippen molar-refractivity contribution < 1.29 is 9.90 Å². The van der Waals surface area contributed by atoms with Crippen molar-refractivity contribution in [1.29, 1.82) is 0 Å². The topological polar surface area (TPSA) is 74.2 Å². The monoisotopic (exact) mass is 287 g/mol. The largest absolute Gasteiger partial charge is 0.396 e. The van der Waals surface area contributed by atoms with Crippen molar-refractivity contribution in [2.75, 3.05) is 11.9 Å². The normalized spacial score (nSPS) is 12.4. The van der Waals surface area contributed by atoms with Crippen LogP contribution in [0.4, 0.5) is 10.5 Å². The number of rotatable bonds is 5. The SMILES string of the molecule is CC(C)C(CCO)NC(=O)Nc1cccc2cccnc12. The number of carbonyl (C=O) groups is 1. The lowest BCUT2D eigenvalue weighted by Gasteiger charge is -2.21. The number of hydrogen-bond donors (Lipinski definition) is 3. The number of fused-ring (bicyclic) bond motifs is 1. The molecule has 0 radical (unpaired) electrons. The first-order chi connectivity index (χ1) is 10.1. The second kappa shape index (κ2) is 7.04. The minimum Gasteiger partial charge on any atom is -0.396 e. The van der Waals surface area contributed by atoms with E-state index in [2.05, 4.69) is 15.6 Å². The number of urea groups is 1. The zero-order valence-corrected chi connectivity index (χ0v) is 12.3. The summed E-state index contributed by atoms with van der Waals surface area (Å²) in [4.78, 5) is 16.4. The van der Waals surface area contributed by atoms with Gasteiger partial charge in [0.15, 0.2) is 0 Å². The molecule has 5 heteroatoms. The van der Waals surface area contributed by atoms with E-state index in [1.807, 2.05) is 44.2 Å². The van der Waals surface area contributed by atoms with E-state index in [-0.39, 0.29) is 24.6 Å². The molecule has 0 saturated carbocycles. The Balaban J connectivity index is 2.11. The van der Waals surface area contributed by atoms with Crippen LogP contribution in [0.1, 0.15) is 20.3 Å². The minimum atomic E-state index is -0.277. The average Bonchev–Trinajstić information content (AvgIpc) is 2.47. The van der Waals surface area contributed by atoms with Crippen molar-refractivity contribution in [2.45, 2.75) is 26.3 Å². The zero-order valence-electron chi connectivity index (χ0n) is 12.3. The van der Waals surface area contributed by atoms with Gasteiger partial charge in [-0.2, -0.15) is 0 Å². The van der Waals surface area contributed by atoms with Gasteiger partial charge in [0.25, 0.3) is 0 Å². The summed E-state index contributed by atoms with van der Waals surface area (Å²) in [5.41, 5.74) is 1.44. The number of aliphatic hydroxyl groups excluding tert-OH is 1. The quantitative estimate of drug-likeness (QED) is 0.791. The van der Waals surface area contributed by atoms with Crippen LogP contribution in [0.2, 0.25) is 0 Å². The first-order valence-electron chi connectivity index (χ1n) is 7.14. The molecule has 2 amide bonds. The number of benzene rings is 1. The fraction of sp³-hybridized carbons (Fsp3) is 0.375. The van der Waals surface area contributed by atoms with Crippen LogP contribution in [0.5, 0.6) is 0 Å². The molecule has 1 heterocycles. The van der Waals surface area contributed by atoms with Crippen molar-refractivity contribution in [2.24, 2.45) is 5.92 Å². The van der Waals surface area contributed by atoms with E-state index in [1.54, 1.807) is 6.20 Å². The van der Waals surface area contributed by atoms with Crippen molar-refractivity contribution in [3.05, 3.63) is 36.5 Å². The van der Waals surface area contributed by atoms with Gasteiger partial charge in [-0.1, -0.05) is 32.0 Å². The molecular formula is C16H21N3O2. The average molecular weight is 287 g/mol. The molecule has 0 bridgehead atoms. The van der Waals surface area contributed by atoms with E-state index in [0.29, 0.717) is 12.1 Å². The number of para-hydroxylation sites is 1. The standard InChI is InChI=1S/C16H21N3O2/c1-11(2)13(8-10-20)18-16(21)19-14-7-3-5-12-6-4-9-17-15(12)14/h3-7,9,11,13,20H,8,10H2,1-2H3,(H2,18,19,21). The van der Waals surface area contributed by atoms with Gasteiger partial charge in [0, 0.05) is 24.2 Å². The molecule has 0 aliphatic heterocycles. The second-order valence-electron chi connectivity index (χ2n) is 5.34. The molecule has 0 aliphatic rings. The summed E-state index contributed by atoms with van der Waals surface area (Å²) >= 11 is 0. The Morgan fingerprint density at radius 2 is 2.05 bits per heavy atom. The molecule has 2 rings (SSSR count). The lowest BCUT2D eigenvalue weighted by atomic mass is 10.0. The molecule has 1 aromatic heterocycles. The van der Waals surface area contributed by atoms with Crippen LogP contribution in [0.25, 0.3) is 10.9 Å². The number of nitrogens with one attached hydrogen (secondary N) is 2. The molecular weight excluding hydrogens is 266 g/mol. The first-order valence-corrected chi connectivity index (χ1v) is 7.14. The maximum atomic E-state index is 12.1. The summed E-state index contributed by atoms with van der Waals surface area (Å²) in [7, 11) is 0. The number of anilines is 1.